The molecule has 5 aromatic rings. The quantitative estimate of drug-likeness (QED) is 0.457. The first kappa shape index (κ1) is 17.5. The molecule has 0 aliphatic heterocycles. The highest BCUT2D eigenvalue weighted by Gasteiger charge is 2.12. The van der Waals surface area contributed by atoms with Crippen molar-refractivity contribution in [2.45, 2.75) is 0 Å². The fourth-order valence-electron chi connectivity index (χ4n) is 3.32. The van der Waals surface area contributed by atoms with Gasteiger partial charge in [0.05, 0.1) is 25.3 Å². The second kappa shape index (κ2) is 6.79. The number of hydrogen-bond acceptors (Lipinski definition) is 6. The highest BCUT2D eigenvalue weighted by atomic mass is 32.1. The minimum atomic E-state index is -0.0947. The fraction of sp³-hybridized carbons (Fsp3) is 0.0909. The molecule has 0 amide bonds. The van der Waals surface area contributed by atoms with Gasteiger partial charge in [-0.15, -0.1) is 0 Å². The van der Waals surface area contributed by atoms with E-state index < -0.39 is 0 Å². The molecule has 3 heterocycles. The van der Waals surface area contributed by atoms with Crippen molar-refractivity contribution in [2.75, 3.05) is 14.2 Å². The van der Waals surface area contributed by atoms with Crippen LogP contribution >= 0.6 is 11.3 Å². The molecule has 0 fully saturated rings. The largest absolute Gasteiger partial charge is 0.493 e. The Balaban J connectivity index is 1.57. The normalized spacial score (nSPS) is 12.1. The maximum absolute atomic E-state index is 12.9. The second-order valence-corrected chi connectivity index (χ2v) is 7.42. The molecule has 3 aromatic heterocycles. The van der Waals surface area contributed by atoms with Crippen LogP contribution < -0.4 is 19.6 Å². The first-order chi connectivity index (χ1) is 14.2. The Labute approximate surface area is 169 Å². The topological polar surface area (TPSA) is 66.0 Å². The van der Waals surface area contributed by atoms with Crippen LogP contribution in [0.1, 0.15) is 5.76 Å². The highest BCUT2D eigenvalue weighted by Crippen LogP contribution is 2.33. The van der Waals surface area contributed by atoms with E-state index in [1.165, 1.54) is 11.3 Å². The number of nitrogens with zero attached hydrogens (tertiary/aromatic N) is 2. The molecular weight excluding hydrogens is 388 g/mol. The first-order valence-corrected chi connectivity index (χ1v) is 9.73. The molecule has 5 rings (SSSR count). The van der Waals surface area contributed by atoms with Gasteiger partial charge in [-0.25, -0.2) is 9.38 Å². The zero-order valence-corrected chi connectivity index (χ0v) is 16.5. The minimum Gasteiger partial charge on any atom is -0.493 e. The SMILES string of the molecule is COc1ccc(-c2ccc(C=c3sc4nc5ccccc5n4c3=O)o2)cc1OC. The van der Waals surface area contributed by atoms with E-state index in [1.54, 1.807) is 24.7 Å². The third-order valence-corrected chi connectivity index (χ3v) is 5.68. The lowest BCUT2D eigenvalue weighted by molar-refractivity contribution is 0.355. The summed E-state index contributed by atoms with van der Waals surface area (Å²) in [5.74, 6) is 2.55. The molecule has 2 aromatic carbocycles. The maximum Gasteiger partial charge on any atom is 0.275 e. The van der Waals surface area contributed by atoms with Gasteiger partial charge in [0.25, 0.3) is 5.56 Å². The zero-order valence-electron chi connectivity index (χ0n) is 15.7. The van der Waals surface area contributed by atoms with E-state index in [0.29, 0.717) is 32.5 Å². The van der Waals surface area contributed by atoms with Crippen LogP contribution in [0.3, 0.4) is 0 Å². The number of hydrogen-bond donors (Lipinski definition) is 0. The van der Waals surface area contributed by atoms with Gasteiger partial charge in [-0.3, -0.25) is 4.79 Å². The van der Waals surface area contributed by atoms with E-state index in [0.717, 1.165) is 16.6 Å². The van der Waals surface area contributed by atoms with Crippen molar-refractivity contribution in [1.29, 1.82) is 0 Å². The number of ether oxygens (including phenoxy) is 2. The van der Waals surface area contributed by atoms with Crippen molar-refractivity contribution in [3.05, 3.63) is 75.2 Å². The van der Waals surface area contributed by atoms with Gasteiger partial charge in [-0.1, -0.05) is 23.5 Å². The van der Waals surface area contributed by atoms with Crippen molar-refractivity contribution < 1.29 is 13.9 Å². The average Bonchev–Trinajstić information content (AvgIpc) is 3.43. The van der Waals surface area contributed by atoms with E-state index in [1.807, 2.05) is 54.6 Å². The number of imidazole rings is 1. The Morgan fingerprint density at radius 3 is 2.69 bits per heavy atom. The van der Waals surface area contributed by atoms with E-state index in [2.05, 4.69) is 4.98 Å². The van der Waals surface area contributed by atoms with Crippen LogP contribution in [0.2, 0.25) is 0 Å². The number of methoxy groups -OCH3 is 2. The number of furan rings is 1. The Hall–Kier alpha value is -3.58. The highest BCUT2D eigenvalue weighted by molar-refractivity contribution is 7.15. The maximum atomic E-state index is 12.9. The van der Waals surface area contributed by atoms with Crippen molar-refractivity contribution in [2.24, 2.45) is 0 Å². The lowest BCUT2D eigenvalue weighted by Gasteiger charge is -2.08. The molecule has 144 valence electrons. The molecule has 0 aliphatic carbocycles. The van der Waals surface area contributed by atoms with Gasteiger partial charge in [0, 0.05) is 11.6 Å². The molecule has 6 nitrogen and oxygen atoms in total. The van der Waals surface area contributed by atoms with Gasteiger partial charge in [0.1, 0.15) is 16.1 Å². The van der Waals surface area contributed by atoms with Gasteiger partial charge < -0.3 is 13.9 Å². The summed E-state index contributed by atoms with van der Waals surface area (Å²) in [5.41, 5.74) is 2.39. The predicted octanol–water partition coefficient (Wildman–Crippen LogP) is 3.73. The summed E-state index contributed by atoms with van der Waals surface area (Å²) >= 11 is 1.35. The number of benzene rings is 2. The number of rotatable bonds is 4. The van der Waals surface area contributed by atoms with Gasteiger partial charge in [-0.2, -0.15) is 0 Å². The molecule has 0 spiro atoms. The number of para-hydroxylation sites is 2. The van der Waals surface area contributed by atoms with E-state index in [-0.39, 0.29) is 5.56 Å². The molecule has 29 heavy (non-hydrogen) atoms. The second-order valence-electron chi connectivity index (χ2n) is 6.41. The van der Waals surface area contributed by atoms with Crippen LogP contribution in [0.5, 0.6) is 11.5 Å². The predicted molar refractivity (Wildman–Crippen MR) is 113 cm³/mol. The Morgan fingerprint density at radius 1 is 1.03 bits per heavy atom. The first-order valence-electron chi connectivity index (χ1n) is 8.92. The van der Waals surface area contributed by atoms with Crippen molar-refractivity contribution >= 4 is 33.4 Å². The molecule has 0 N–H and O–H groups in total. The van der Waals surface area contributed by atoms with Crippen molar-refractivity contribution in [3.8, 4) is 22.8 Å². The summed E-state index contributed by atoms with van der Waals surface area (Å²) in [5, 5.41) is 0. The zero-order chi connectivity index (χ0) is 20.0. The summed E-state index contributed by atoms with van der Waals surface area (Å²) in [4.78, 5) is 18.1. The van der Waals surface area contributed by atoms with Crippen LogP contribution in [0, 0.1) is 0 Å². The number of thiazole rings is 1. The fourth-order valence-corrected chi connectivity index (χ4v) is 4.28. The minimum absolute atomic E-state index is 0.0947. The molecule has 0 atom stereocenters. The Morgan fingerprint density at radius 2 is 1.86 bits per heavy atom. The van der Waals surface area contributed by atoms with Crippen LogP contribution in [-0.2, 0) is 0 Å². The summed E-state index contributed by atoms with van der Waals surface area (Å²) < 4.78 is 18.8. The molecule has 0 bridgehead atoms. The number of fused-ring (bicyclic) bond motifs is 3. The average molecular weight is 404 g/mol. The van der Waals surface area contributed by atoms with Crippen LogP contribution in [-0.4, -0.2) is 23.6 Å². The molecule has 0 aliphatic rings. The smallest absolute Gasteiger partial charge is 0.275 e. The summed E-state index contributed by atoms with van der Waals surface area (Å²) in [7, 11) is 3.19. The summed E-state index contributed by atoms with van der Waals surface area (Å²) in [6.07, 6.45) is 1.75. The van der Waals surface area contributed by atoms with Crippen LogP contribution in [0.15, 0.2) is 63.8 Å². The Bertz CT molecular complexity index is 1460. The van der Waals surface area contributed by atoms with Gasteiger partial charge in [-0.05, 0) is 42.5 Å². The van der Waals surface area contributed by atoms with Crippen LogP contribution in [0.25, 0.3) is 33.4 Å². The molecular formula is C22H16N2O4S. The molecule has 0 unspecified atom stereocenters. The summed E-state index contributed by atoms with van der Waals surface area (Å²) in [6, 6.07) is 16.9. The van der Waals surface area contributed by atoms with Gasteiger partial charge in [0.15, 0.2) is 16.5 Å². The summed E-state index contributed by atoms with van der Waals surface area (Å²) in [6.45, 7) is 0. The number of aromatic nitrogens is 2. The van der Waals surface area contributed by atoms with E-state index >= 15 is 0 Å². The van der Waals surface area contributed by atoms with Gasteiger partial charge in [0.2, 0.25) is 0 Å². The molecule has 7 heteroatoms. The van der Waals surface area contributed by atoms with Crippen LogP contribution in [0.4, 0.5) is 0 Å². The molecule has 0 saturated carbocycles. The van der Waals surface area contributed by atoms with Crippen molar-refractivity contribution in [1.82, 2.24) is 9.38 Å². The molecule has 0 radical (unpaired) electrons. The Kier molecular flexibility index (Phi) is 4.10. The van der Waals surface area contributed by atoms with E-state index in [4.69, 9.17) is 13.9 Å². The standard InChI is InChI=1S/C22H16N2O4S/c1-26-18-9-7-13(11-19(18)27-2)17-10-8-14(28-17)12-20-21(25)24-16-6-4-3-5-15(16)23-22(24)29-20/h3-12H,1-2H3. The lowest BCUT2D eigenvalue weighted by atomic mass is 10.1. The van der Waals surface area contributed by atoms with Gasteiger partial charge >= 0.3 is 0 Å². The lowest BCUT2D eigenvalue weighted by Crippen LogP contribution is -2.22. The monoisotopic (exact) mass is 404 g/mol. The third kappa shape index (κ3) is 2.87. The van der Waals surface area contributed by atoms with E-state index in [9.17, 15) is 4.79 Å². The molecule has 0 saturated heterocycles. The van der Waals surface area contributed by atoms with Crippen molar-refractivity contribution in [3.63, 3.8) is 0 Å². The third-order valence-electron chi connectivity index (χ3n) is 4.71.